The summed E-state index contributed by atoms with van der Waals surface area (Å²) < 4.78 is 0. The van der Waals surface area contributed by atoms with Gasteiger partial charge >= 0.3 is 5.97 Å². The van der Waals surface area contributed by atoms with Crippen LogP contribution in [0.25, 0.3) is 0 Å². The fourth-order valence-corrected chi connectivity index (χ4v) is 0.574. The second kappa shape index (κ2) is 4.51. The summed E-state index contributed by atoms with van der Waals surface area (Å²) in [5.41, 5.74) is 10.9. The third-order valence-electron chi connectivity index (χ3n) is 1.13. The van der Waals surface area contributed by atoms with Gasteiger partial charge in [0.1, 0.15) is 6.04 Å². The van der Waals surface area contributed by atoms with E-state index < -0.39 is 12.0 Å². The van der Waals surface area contributed by atoms with Crippen LogP contribution in [0.3, 0.4) is 0 Å². The molecule has 0 aliphatic rings. The van der Waals surface area contributed by atoms with Crippen LogP contribution in [0.5, 0.6) is 0 Å². The molecule has 0 spiro atoms. The first kappa shape index (κ1) is 9.71. The molecule has 1 atom stereocenters. The normalized spacial score (nSPS) is 13.2. The van der Waals surface area contributed by atoms with Gasteiger partial charge in [-0.15, -0.1) is 0 Å². The van der Waals surface area contributed by atoms with Crippen LogP contribution < -0.4 is 11.5 Å². The number of aliphatic carboxylic acids is 1. The quantitative estimate of drug-likeness (QED) is 0.492. The van der Waals surface area contributed by atoms with Crippen molar-refractivity contribution in [2.45, 2.75) is 12.5 Å². The summed E-state index contributed by atoms with van der Waals surface area (Å²) >= 11 is 0. The minimum absolute atomic E-state index is 0.225. The monoisotopic (exact) mass is 156 g/mol. The Morgan fingerprint density at radius 2 is 2.27 bits per heavy atom. The van der Waals surface area contributed by atoms with Crippen molar-refractivity contribution in [3.8, 4) is 0 Å². The lowest BCUT2D eigenvalue weighted by atomic mass is 10.1. The number of hydrogen-bond acceptors (Lipinski definition) is 3. The van der Waals surface area contributed by atoms with Gasteiger partial charge in [-0.1, -0.05) is 12.2 Å². The topological polar surface area (TPSA) is 89.3 Å². The third kappa shape index (κ3) is 4.16. The Morgan fingerprint density at radius 3 is 2.64 bits per heavy atom. The molecule has 0 amide bonds. The molecule has 0 aliphatic carbocycles. The molecule has 5 N–H and O–H groups in total. The summed E-state index contributed by atoms with van der Waals surface area (Å²) in [6, 6.07) is -0.890. The number of carboxylic acid groups (broad SMARTS) is 1. The van der Waals surface area contributed by atoms with Crippen molar-refractivity contribution in [2.75, 3.05) is 0 Å². The summed E-state index contributed by atoms with van der Waals surface area (Å²) in [7, 11) is 0. The van der Waals surface area contributed by atoms with Crippen LogP contribution in [0.1, 0.15) is 6.42 Å². The summed E-state index contributed by atoms with van der Waals surface area (Å²) in [5, 5.41) is 8.38. The Hall–Kier alpha value is -1.29. The zero-order valence-electron chi connectivity index (χ0n) is 6.16. The van der Waals surface area contributed by atoms with Gasteiger partial charge in [-0.2, -0.15) is 0 Å². The number of carboxylic acids is 1. The Balaban J connectivity index is 3.85. The molecule has 0 aromatic heterocycles. The van der Waals surface area contributed by atoms with Gasteiger partial charge < -0.3 is 16.6 Å². The summed E-state index contributed by atoms with van der Waals surface area (Å²) in [5.74, 6) is -1.03. The number of allylic oxidation sites excluding steroid dienone is 1. The van der Waals surface area contributed by atoms with Crippen molar-refractivity contribution in [1.29, 1.82) is 0 Å². The largest absolute Gasteiger partial charge is 0.480 e. The highest BCUT2D eigenvalue weighted by Crippen LogP contribution is 2.01. The fraction of sp³-hybridized carbons (Fsp3) is 0.286. The predicted molar refractivity (Wildman–Crippen MR) is 42.7 cm³/mol. The Kier molecular flexibility index (Phi) is 3.98. The van der Waals surface area contributed by atoms with Gasteiger partial charge in [0.15, 0.2) is 0 Å². The molecule has 4 nitrogen and oxygen atoms in total. The SMILES string of the molecule is C=C(/C=C\N)CC(N)C(=O)O. The van der Waals surface area contributed by atoms with Crippen molar-refractivity contribution >= 4 is 5.97 Å². The Morgan fingerprint density at radius 1 is 1.73 bits per heavy atom. The minimum atomic E-state index is -1.03. The highest BCUT2D eigenvalue weighted by molar-refractivity contribution is 5.73. The molecule has 0 heterocycles. The lowest BCUT2D eigenvalue weighted by molar-refractivity contribution is -0.138. The first-order valence-electron chi connectivity index (χ1n) is 3.12. The molecule has 62 valence electrons. The molecule has 4 heteroatoms. The summed E-state index contributed by atoms with van der Waals surface area (Å²) in [6.07, 6.45) is 3.06. The second-order valence-electron chi connectivity index (χ2n) is 2.17. The van der Waals surface area contributed by atoms with E-state index in [0.717, 1.165) is 0 Å². The van der Waals surface area contributed by atoms with E-state index in [9.17, 15) is 4.79 Å². The van der Waals surface area contributed by atoms with Crippen molar-refractivity contribution in [3.63, 3.8) is 0 Å². The molecule has 0 saturated heterocycles. The predicted octanol–water partition coefficient (Wildman–Crippen LogP) is -0.183. The second-order valence-corrected chi connectivity index (χ2v) is 2.17. The van der Waals surface area contributed by atoms with Gasteiger partial charge in [0.05, 0.1) is 0 Å². The molecule has 0 fully saturated rings. The zero-order valence-corrected chi connectivity index (χ0v) is 6.16. The van der Waals surface area contributed by atoms with Crippen LogP contribution in [-0.2, 0) is 4.79 Å². The van der Waals surface area contributed by atoms with Gasteiger partial charge in [-0.05, 0) is 18.7 Å². The van der Waals surface area contributed by atoms with E-state index in [-0.39, 0.29) is 6.42 Å². The molecule has 0 aliphatic heterocycles. The number of nitrogens with two attached hydrogens (primary N) is 2. The van der Waals surface area contributed by atoms with E-state index in [1.165, 1.54) is 12.3 Å². The molecule has 0 aromatic carbocycles. The van der Waals surface area contributed by atoms with E-state index in [4.69, 9.17) is 16.6 Å². The molecule has 1 unspecified atom stereocenters. The van der Waals surface area contributed by atoms with E-state index in [0.29, 0.717) is 5.57 Å². The molecule has 0 aromatic rings. The Labute approximate surface area is 65.2 Å². The zero-order chi connectivity index (χ0) is 8.85. The standard InChI is InChI=1S/C7H12N2O2/c1-5(2-3-8)4-6(9)7(10)11/h2-3,6H,1,4,8-9H2,(H,10,11)/b3-2-. The van der Waals surface area contributed by atoms with Crippen molar-refractivity contribution in [3.05, 3.63) is 24.4 Å². The van der Waals surface area contributed by atoms with Crippen LogP contribution in [0.2, 0.25) is 0 Å². The van der Waals surface area contributed by atoms with Crippen LogP contribution in [-0.4, -0.2) is 17.1 Å². The smallest absolute Gasteiger partial charge is 0.320 e. The molecule has 0 rings (SSSR count). The minimum Gasteiger partial charge on any atom is -0.480 e. The van der Waals surface area contributed by atoms with Crippen molar-refractivity contribution in [2.24, 2.45) is 11.5 Å². The summed E-state index contributed by atoms with van der Waals surface area (Å²) in [4.78, 5) is 10.2. The lowest BCUT2D eigenvalue weighted by Gasteiger charge is -2.04. The van der Waals surface area contributed by atoms with Gasteiger partial charge in [0, 0.05) is 0 Å². The lowest BCUT2D eigenvalue weighted by Crippen LogP contribution is -2.30. The van der Waals surface area contributed by atoms with Crippen LogP contribution >= 0.6 is 0 Å². The first-order chi connectivity index (χ1) is 5.07. The van der Waals surface area contributed by atoms with Gasteiger partial charge in [-0.25, -0.2) is 0 Å². The van der Waals surface area contributed by atoms with E-state index in [1.807, 2.05) is 0 Å². The highest BCUT2D eigenvalue weighted by atomic mass is 16.4. The summed E-state index contributed by atoms with van der Waals surface area (Å²) in [6.45, 7) is 3.56. The number of carbonyl (C=O) groups is 1. The average molecular weight is 156 g/mol. The molecule has 0 bridgehead atoms. The maximum atomic E-state index is 10.2. The van der Waals surface area contributed by atoms with Crippen molar-refractivity contribution < 1.29 is 9.90 Å². The van der Waals surface area contributed by atoms with E-state index >= 15 is 0 Å². The highest BCUT2D eigenvalue weighted by Gasteiger charge is 2.10. The maximum Gasteiger partial charge on any atom is 0.320 e. The number of hydrogen-bond donors (Lipinski definition) is 3. The fourth-order valence-electron chi connectivity index (χ4n) is 0.574. The van der Waals surface area contributed by atoms with Crippen LogP contribution in [0, 0.1) is 0 Å². The average Bonchev–Trinajstić information content (AvgIpc) is 1.87. The van der Waals surface area contributed by atoms with Crippen molar-refractivity contribution in [1.82, 2.24) is 0 Å². The molecule has 11 heavy (non-hydrogen) atoms. The molecule has 0 saturated carbocycles. The van der Waals surface area contributed by atoms with Gasteiger partial charge in [0.2, 0.25) is 0 Å². The van der Waals surface area contributed by atoms with Crippen LogP contribution in [0.15, 0.2) is 24.4 Å². The third-order valence-corrected chi connectivity index (χ3v) is 1.13. The van der Waals surface area contributed by atoms with Crippen LogP contribution in [0.4, 0.5) is 0 Å². The molecule has 0 radical (unpaired) electrons. The van der Waals surface area contributed by atoms with E-state index in [1.54, 1.807) is 0 Å². The van der Waals surface area contributed by atoms with E-state index in [2.05, 4.69) is 6.58 Å². The molecular weight excluding hydrogens is 144 g/mol. The maximum absolute atomic E-state index is 10.2. The first-order valence-corrected chi connectivity index (χ1v) is 3.12. The number of rotatable bonds is 4. The van der Waals surface area contributed by atoms with Gasteiger partial charge in [0.25, 0.3) is 0 Å². The van der Waals surface area contributed by atoms with Gasteiger partial charge in [-0.3, -0.25) is 4.79 Å². The Bertz CT molecular complexity index is 187. The molecular formula is C7H12N2O2.